The summed E-state index contributed by atoms with van der Waals surface area (Å²) >= 11 is 0. The number of amides is 2. The van der Waals surface area contributed by atoms with Gasteiger partial charge < -0.3 is 9.64 Å². The summed E-state index contributed by atoms with van der Waals surface area (Å²) < 4.78 is 5.26. The van der Waals surface area contributed by atoms with Crippen molar-refractivity contribution in [2.24, 2.45) is 5.41 Å². The van der Waals surface area contributed by atoms with Crippen LogP contribution in [0.25, 0.3) is 0 Å². The van der Waals surface area contributed by atoms with Crippen molar-refractivity contribution in [3.05, 3.63) is 0 Å². The van der Waals surface area contributed by atoms with Gasteiger partial charge in [0.2, 0.25) is 6.23 Å². The molecule has 1 heterocycles. The molecule has 1 atom stereocenters. The average molecular weight is 258 g/mol. The van der Waals surface area contributed by atoms with Crippen LogP contribution in [0.1, 0.15) is 40.0 Å². The molecule has 6 heteroatoms. The molecule has 1 fully saturated rings. The molecule has 0 bridgehead atoms. The molecule has 6 nitrogen and oxygen atoms in total. The maximum Gasteiger partial charge on any atom is 0.346 e. The third-order valence-corrected chi connectivity index (χ3v) is 3.76. The molecule has 1 N–H and O–H groups in total. The Morgan fingerprint density at radius 1 is 1.44 bits per heavy atom. The highest BCUT2D eigenvalue weighted by Crippen LogP contribution is 2.38. The van der Waals surface area contributed by atoms with Crippen LogP contribution in [-0.2, 0) is 9.53 Å². The molecule has 0 spiro atoms. The zero-order valence-electron chi connectivity index (χ0n) is 11.5. The first kappa shape index (κ1) is 14.8. The Bertz CT molecular complexity index is 328. The van der Waals surface area contributed by atoms with E-state index in [2.05, 4.69) is 0 Å². The summed E-state index contributed by atoms with van der Waals surface area (Å²) in [6.45, 7) is 6.08. The predicted molar refractivity (Wildman–Crippen MR) is 64.8 cm³/mol. The van der Waals surface area contributed by atoms with E-state index in [1.54, 1.807) is 14.0 Å². The van der Waals surface area contributed by atoms with Crippen molar-refractivity contribution in [1.29, 1.82) is 0 Å². The molecule has 0 aromatic heterocycles. The minimum Gasteiger partial charge on any atom is -0.438 e. The Balaban J connectivity index is 3.03. The lowest BCUT2D eigenvalue weighted by atomic mass is 9.78. The summed E-state index contributed by atoms with van der Waals surface area (Å²) in [5, 5.41) is 10.5. The van der Waals surface area contributed by atoms with Gasteiger partial charge in [0.15, 0.2) is 0 Å². The van der Waals surface area contributed by atoms with Gasteiger partial charge in [0.25, 0.3) is 0 Å². The Hall–Kier alpha value is -1.30. The largest absolute Gasteiger partial charge is 0.438 e. The molecular formula is C12H22N2O4. The van der Waals surface area contributed by atoms with Gasteiger partial charge in [-0.3, -0.25) is 10.0 Å². The highest BCUT2D eigenvalue weighted by molar-refractivity contribution is 5.75. The Morgan fingerprint density at radius 3 is 2.44 bits per heavy atom. The van der Waals surface area contributed by atoms with Gasteiger partial charge in [0.05, 0.1) is 0 Å². The maximum atomic E-state index is 11.7. The molecule has 1 aliphatic rings. The van der Waals surface area contributed by atoms with Crippen LogP contribution in [0.4, 0.5) is 4.79 Å². The minimum absolute atomic E-state index is 0.220. The number of hydroxylamine groups is 2. The average Bonchev–Trinajstić information content (AvgIpc) is 2.39. The van der Waals surface area contributed by atoms with Crippen molar-refractivity contribution in [1.82, 2.24) is 9.96 Å². The third-order valence-electron chi connectivity index (χ3n) is 3.76. The minimum atomic E-state index is -0.899. The van der Waals surface area contributed by atoms with Crippen molar-refractivity contribution in [2.75, 3.05) is 13.6 Å². The molecule has 0 saturated carbocycles. The van der Waals surface area contributed by atoms with E-state index in [0.717, 1.165) is 0 Å². The second-order valence-corrected chi connectivity index (χ2v) is 4.75. The molecule has 104 valence electrons. The van der Waals surface area contributed by atoms with Crippen LogP contribution in [0, 0.1) is 5.41 Å². The van der Waals surface area contributed by atoms with Gasteiger partial charge >= 0.3 is 12.0 Å². The monoisotopic (exact) mass is 258 g/mol. The predicted octanol–water partition coefficient (Wildman–Crippen LogP) is 1.83. The first-order chi connectivity index (χ1) is 8.41. The Morgan fingerprint density at radius 2 is 2.00 bits per heavy atom. The lowest BCUT2D eigenvalue weighted by molar-refractivity contribution is -0.244. The van der Waals surface area contributed by atoms with Gasteiger partial charge in [-0.2, -0.15) is 5.06 Å². The quantitative estimate of drug-likeness (QED) is 0.617. The van der Waals surface area contributed by atoms with Crippen LogP contribution < -0.4 is 0 Å². The molecule has 1 unspecified atom stereocenters. The van der Waals surface area contributed by atoms with Crippen molar-refractivity contribution in [3.8, 4) is 0 Å². The van der Waals surface area contributed by atoms with Crippen molar-refractivity contribution in [2.45, 2.75) is 46.3 Å². The van der Waals surface area contributed by atoms with Crippen molar-refractivity contribution in [3.63, 3.8) is 0 Å². The first-order valence-corrected chi connectivity index (χ1v) is 6.34. The second kappa shape index (κ2) is 5.56. The smallest absolute Gasteiger partial charge is 0.346 e. The molecule has 0 aliphatic carbocycles. The third kappa shape index (κ3) is 2.43. The van der Waals surface area contributed by atoms with Crippen LogP contribution >= 0.6 is 0 Å². The van der Waals surface area contributed by atoms with Gasteiger partial charge in [-0.1, -0.05) is 20.8 Å². The van der Waals surface area contributed by atoms with Crippen LogP contribution in [0.3, 0.4) is 0 Å². The summed E-state index contributed by atoms with van der Waals surface area (Å²) in [7, 11) is 1.63. The van der Waals surface area contributed by atoms with E-state index in [1.807, 2.05) is 13.8 Å². The van der Waals surface area contributed by atoms with Gasteiger partial charge in [-0.25, -0.2) is 4.79 Å². The fourth-order valence-corrected chi connectivity index (χ4v) is 2.36. The van der Waals surface area contributed by atoms with Crippen molar-refractivity contribution >= 4 is 12.0 Å². The highest BCUT2D eigenvalue weighted by atomic mass is 16.6. The van der Waals surface area contributed by atoms with Crippen LogP contribution in [0.2, 0.25) is 0 Å². The SMILES string of the molecule is CCC(=O)OC1N(O)C(=O)N(C)CC1(CC)CC. The summed E-state index contributed by atoms with van der Waals surface area (Å²) in [5.41, 5.74) is -0.428. The maximum absolute atomic E-state index is 11.7. The number of esters is 1. The van der Waals surface area contributed by atoms with E-state index in [4.69, 9.17) is 4.74 Å². The summed E-state index contributed by atoms with van der Waals surface area (Å²) in [4.78, 5) is 24.6. The highest BCUT2D eigenvalue weighted by Gasteiger charge is 2.50. The van der Waals surface area contributed by atoms with Crippen LogP contribution in [0.15, 0.2) is 0 Å². The number of carbonyl (C=O) groups excluding carboxylic acids is 2. The zero-order valence-corrected chi connectivity index (χ0v) is 11.5. The molecule has 18 heavy (non-hydrogen) atoms. The molecule has 0 radical (unpaired) electrons. The summed E-state index contributed by atoms with van der Waals surface area (Å²) in [6.07, 6.45) is 0.737. The molecular weight excluding hydrogens is 236 g/mol. The number of carbonyl (C=O) groups is 2. The lowest BCUT2D eigenvalue weighted by Crippen LogP contribution is -2.63. The fourth-order valence-electron chi connectivity index (χ4n) is 2.36. The van der Waals surface area contributed by atoms with E-state index in [1.165, 1.54) is 4.90 Å². The molecule has 1 rings (SSSR count). The standard InChI is InChI=1S/C12H22N2O4/c1-5-9(15)18-10-12(6-2,7-3)8-13(4)11(16)14(10)17/h10,17H,5-8H2,1-4H3. The van der Waals surface area contributed by atoms with Gasteiger partial charge in [0, 0.05) is 25.4 Å². The summed E-state index contributed by atoms with van der Waals surface area (Å²) in [5.74, 6) is -0.414. The Labute approximate surface area is 107 Å². The normalized spacial score (nSPS) is 23.2. The fraction of sp³-hybridized carbons (Fsp3) is 0.833. The van der Waals surface area contributed by atoms with E-state index in [-0.39, 0.29) is 6.42 Å². The Kier molecular flexibility index (Phi) is 4.56. The van der Waals surface area contributed by atoms with Crippen LogP contribution in [-0.4, -0.2) is 47.0 Å². The molecule has 0 aromatic carbocycles. The molecule has 2 amide bonds. The van der Waals surface area contributed by atoms with Gasteiger partial charge in [0.1, 0.15) is 0 Å². The number of ether oxygens (including phenoxy) is 1. The summed E-state index contributed by atoms with van der Waals surface area (Å²) in [6, 6.07) is -0.540. The number of hydrogen-bond acceptors (Lipinski definition) is 4. The topological polar surface area (TPSA) is 70.1 Å². The van der Waals surface area contributed by atoms with Crippen molar-refractivity contribution < 1.29 is 19.5 Å². The second-order valence-electron chi connectivity index (χ2n) is 4.75. The number of urea groups is 1. The lowest BCUT2D eigenvalue weighted by Gasteiger charge is -2.48. The van der Waals surface area contributed by atoms with Gasteiger partial charge in [-0.05, 0) is 12.8 Å². The van der Waals surface area contributed by atoms with E-state index >= 15 is 0 Å². The van der Waals surface area contributed by atoms with E-state index in [9.17, 15) is 14.8 Å². The number of rotatable bonds is 4. The van der Waals surface area contributed by atoms with E-state index in [0.29, 0.717) is 24.4 Å². The zero-order chi connectivity index (χ0) is 13.9. The van der Waals surface area contributed by atoms with E-state index < -0.39 is 23.6 Å². The van der Waals surface area contributed by atoms with Crippen LogP contribution in [0.5, 0.6) is 0 Å². The molecule has 0 aromatic rings. The van der Waals surface area contributed by atoms with Gasteiger partial charge in [-0.15, -0.1) is 0 Å². The number of hydrogen-bond donors (Lipinski definition) is 1. The first-order valence-electron chi connectivity index (χ1n) is 6.34. The molecule has 1 aliphatic heterocycles. The number of nitrogens with zero attached hydrogens (tertiary/aromatic N) is 2. The molecule has 1 saturated heterocycles.